The van der Waals surface area contributed by atoms with Crippen LogP contribution in [0.1, 0.15) is 24.3 Å². The molecule has 74 valence electrons. The van der Waals surface area contributed by atoms with Crippen LogP contribution in [0, 0.1) is 6.92 Å². The lowest BCUT2D eigenvalue weighted by Gasteiger charge is -2.22. The van der Waals surface area contributed by atoms with Crippen molar-refractivity contribution in [3.8, 4) is 0 Å². The van der Waals surface area contributed by atoms with Gasteiger partial charge in [0, 0.05) is 11.4 Å². The highest BCUT2D eigenvalue weighted by atomic mass is 32.1. The number of nitrogens with one attached hydrogen (secondary N) is 1. The molecule has 0 amide bonds. The van der Waals surface area contributed by atoms with Gasteiger partial charge in [0.15, 0.2) is 0 Å². The predicted molar refractivity (Wildman–Crippen MR) is 57.2 cm³/mol. The summed E-state index contributed by atoms with van der Waals surface area (Å²) in [5, 5.41) is 15.2. The largest absolute Gasteiger partial charge is 0.384 e. The van der Waals surface area contributed by atoms with Crippen LogP contribution >= 0.6 is 11.3 Å². The van der Waals surface area contributed by atoms with Crippen LogP contribution in [0.3, 0.4) is 0 Å². The lowest BCUT2D eigenvalue weighted by molar-refractivity contribution is 0.0580. The van der Waals surface area contributed by atoms with Gasteiger partial charge < -0.3 is 10.4 Å². The zero-order valence-corrected chi connectivity index (χ0v) is 9.24. The van der Waals surface area contributed by atoms with Gasteiger partial charge in [-0.2, -0.15) is 0 Å². The first kappa shape index (κ1) is 10.7. The fourth-order valence-electron chi connectivity index (χ4n) is 1.20. The van der Waals surface area contributed by atoms with Crippen molar-refractivity contribution >= 4 is 11.3 Å². The van der Waals surface area contributed by atoms with E-state index in [0.29, 0.717) is 6.54 Å². The molecule has 1 unspecified atom stereocenters. The normalized spacial score (nSPS) is 15.7. The summed E-state index contributed by atoms with van der Waals surface area (Å²) in [6, 6.07) is 2.04. The van der Waals surface area contributed by atoms with Crippen LogP contribution in [-0.4, -0.2) is 18.2 Å². The maximum Gasteiger partial charge on any atom is 0.1000 e. The number of hydrogen-bond donors (Lipinski definition) is 2. The van der Waals surface area contributed by atoms with Crippen molar-refractivity contribution in [1.82, 2.24) is 5.32 Å². The Labute approximate surface area is 83.6 Å². The second-order valence-electron chi connectivity index (χ2n) is 3.50. The Morgan fingerprint density at radius 2 is 2.31 bits per heavy atom. The first-order valence-corrected chi connectivity index (χ1v) is 5.43. The average Bonchev–Trinajstić information content (AvgIpc) is 2.49. The molecule has 0 aromatic carbocycles. The summed E-state index contributed by atoms with van der Waals surface area (Å²) in [5.74, 6) is 0. The number of thiophene rings is 1. The van der Waals surface area contributed by atoms with E-state index in [1.165, 1.54) is 4.88 Å². The van der Waals surface area contributed by atoms with Gasteiger partial charge in [0.2, 0.25) is 0 Å². The van der Waals surface area contributed by atoms with Gasteiger partial charge in [-0.05, 0) is 37.4 Å². The number of hydrogen-bond acceptors (Lipinski definition) is 3. The van der Waals surface area contributed by atoms with E-state index < -0.39 is 5.60 Å². The summed E-state index contributed by atoms with van der Waals surface area (Å²) in [6.45, 7) is 7.43. The van der Waals surface area contributed by atoms with Gasteiger partial charge >= 0.3 is 0 Å². The Kier molecular flexibility index (Phi) is 3.47. The Balaban J connectivity index is 2.68. The monoisotopic (exact) mass is 199 g/mol. The number of likely N-dealkylation sites (N-methyl/N-ethyl adjacent to an activating group) is 1. The molecule has 1 heterocycles. The first-order valence-electron chi connectivity index (χ1n) is 4.55. The third-order valence-corrected chi connectivity index (χ3v) is 2.93. The Hall–Kier alpha value is -0.380. The molecule has 0 aliphatic carbocycles. The number of rotatable bonds is 4. The molecule has 2 nitrogen and oxygen atoms in total. The van der Waals surface area contributed by atoms with Gasteiger partial charge in [0.1, 0.15) is 0 Å². The maximum absolute atomic E-state index is 10.1. The molecule has 0 fully saturated rings. The van der Waals surface area contributed by atoms with Gasteiger partial charge in [0.25, 0.3) is 0 Å². The van der Waals surface area contributed by atoms with E-state index in [9.17, 15) is 5.11 Å². The minimum Gasteiger partial charge on any atom is -0.384 e. The molecule has 0 saturated heterocycles. The number of aliphatic hydroxyl groups is 1. The van der Waals surface area contributed by atoms with E-state index in [1.54, 1.807) is 11.3 Å². The van der Waals surface area contributed by atoms with Gasteiger partial charge in [-0.15, -0.1) is 11.3 Å². The summed E-state index contributed by atoms with van der Waals surface area (Å²) in [4.78, 5) is 1.24. The molecule has 3 heteroatoms. The van der Waals surface area contributed by atoms with Crippen molar-refractivity contribution in [1.29, 1.82) is 0 Å². The van der Waals surface area contributed by atoms with E-state index in [4.69, 9.17) is 0 Å². The molecule has 0 spiro atoms. The molecular weight excluding hydrogens is 182 g/mol. The predicted octanol–water partition coefficient (Wildman–Crippen LogP) is 1.87. The van der Waals surface area contributed by atoms with Crippen LogP contribution in [0.4, 0.5) is 0 Å². The molecular formula is C10H17NOS. The van der Waals surface area contributed by atoms with Crippen molar-refractivity contribution < 1.29 is 5.11 Å². The van der Waals surface area contributed by atoms with Crippen molar-refractivity contribution in [2.24, 2.45) is 0 Å². The van der Waals surface area contributed by atoms with Crippen LogP contribution in [0.25, 0.3) is 0 Å². The molecule has 1 rings (SSSR count). The fraction of sp³-hybridized carbons (Fsp3) is 0.600. The van der Waals surface area contributed by atoms with Crippen LogP contribution in [0.15, 0.2) is 11.4 Å². The summed E-state index contributed by atoms with van der Waals surface area (Å²) in [7, 11) is 0. The maximum atomic E-state index is 10.1. The quantitative estimate of drug-likeness (QED) is 0.776. The zero-order valence-electron chi connectivity index (χ0n) is 8.42. The number of aryl methyl sites for hydroxylation is 1. The molecule has 2 N–H and O–H groups in total. The summed E-state index contributed by atoms with van der Waals surface area (Å²) in [6.07, 6.45) is 0. The van der Waals surface area contributed by atoms with Gasteiger partial charge in [-0.1, -0.05) is 6.92 Å². The fourth-order valence-corrected chi connectivity index (χ4v) is 2.03. The highest BCUT2D eigenvalue weighted by Gasteiger charge is 2.22. The Morgan fingerprint density at radius 1 is 1.62 bits per heavy atom. The molecule has 0 aliphatic rings. The van der Waals surface area contributed by atoms with Crippen LogP contribution < -0.4 is 5.32 Å². The molecule has 0 saturated carbocycles. The van der Waals surface area contributed by atoms with E-state index >= 15 is 0 Å². The second kappa shape index (κ2) is 4.22. The molecule has 1 aromatic rings. The van der Waals surface area contributed by atoms with Crippen molar-refractivity contribution in [2.45, 2.75) is 26.4 Å². The van der Waals surface area contributed by atoms with E-state index in [-0.39, 0.29) is 0 Å². The molecule has 0 radical (unpaired) electrons. The summed E-state index contributed by atoms with van der Waals surface area (Å²) in [5.41, 5.74) is 0.275. The molecule has 1 atom stereocenters. The topological polar surface area (TPSA) is 32.3 Å². The third kappa shape index (κ3) is 2.79. The highest BCUT2D eigenvalue weighted by molar-refractivity contribution is 7.10. The Morgan fingerprint density at radius 3 is 2.77 bits per heavy atom. The van der Waals surface area contributed by atoms with Gasteiger partial charge in [-0.25, -0.2) is 0 Å². The van der Waals surface area contributed by atoms with Crippen LogP contribution in [0.2, 0.25) is 0 Å². The average molecular weight is 199 g/mol. The zero-order chi connectivity index (χ0) is 9.90. The smallest absolute Gasteiger partial charge is 0.1000 e. The summed E-state index contributed by atoms with van der Waals surface area (Å²) < 4.78 is 0. The van der Waals surface area contributed by atoms with Crippen LogP contribution in [-0.2, 0) is 5.60 Å². The Bertz CT molecular complexity index is 268. The van der Waals surface area contributed by atoms with E-state index in [2.05, 4.69) is 12.2 Å². The SMILES string of the molecule is CCNCC(C)(O)c1csc(C)c1. The van der Waals surface area contributed by atoms with E-state index in [1.807, 2.05) is 25.3 Å². The molecule has 0 aliphatic heterocycles. The first-order chi connectivity index (χ1) is 6.06. The third-order valence-electron chi connectivity index (χ3n) is 2.07. The minimum absolute atomic E-state index is 0.611. The van der Waals surface area contributed by atoms with Crippen molar-refractivity contribution in [2.75, 3.05) is 13.1 Å². The van der Waals surface area contributed by atoms with Crippen molar-refractivity contribution in [3.63, 3.8) is 0 Å². The molecule has 13 heavy (non-hydrogen) atoms. The van der Waals surface area contributed by atoms with E-state index in [0.717, 1.165) is 12.1 Å². The van der Waals surface area contributed by atoms with Crippen LogP contribution in [0.5, 0.6) is 0 Å². The van der Waals surface area contributed by atoms with Crippen molar-refractivity contribution in [3.05, 3.63) is 21.9 Å². The highest BCUT2D eigenvalue weighted by Crippen LogP contribution is 2.24. The standard InChI is InChI=1S/C10H17NOS/c1-4-11-7-10(3,12)9-5-8(2)13-6-9/h5-6,11-12H,4,7H2,1-3H3. The molecule has 0 bridgehead atoms. The molecule has 1 aromatic heterocycles. The lowest BCUT2D eigenvalue weighted by Crippen LogP contribution is -2.34. The second-order valence-corrected chi connectivity index (χ2v) is 4.62. The van der Waals surface area contributed by atoms with Gasteiger partial charge in [0.05, 0.1) is 5.60 Å². The lowest BCUT2D eigenvalue weighted by atomic mass is 9.99. The summed E-state index contributed by atoms with van der Waals surface area (Å²) >= 11 is 1.68. The minimum atomic E-state index is -0.735. The van der Waals surface area contributed by atoms with Gasteiger partial charge in [-0.3, -0.25) is 0 Å².